The summed E-state index contributed by atoms with van der Waals surface area (Å²) in [5.74, 6) is 0.185. The Morgan fingerprint density at radius 3 is 2.24 bits per heavy atom. The summed E-state index contributed by atoms with van der Waals surface area (Å²) < 4.78 is 0. The summed E-state index contributed by atoms with van der Waals surface area (Å²) in [6.45, 7) is 1.96. The molecule has 0 aliphatic carbocycles. The van der Waals surface area contributed by atoms with E-state index >= 15 is 0 Å². The Hall–Kier alpha value is -3.19. The van der Waals surface area contributed by atoms with Crippen LogP contribution in [-0.4, -0.2) is 14.9 Å². The zero-order valence-corrected chi connectivity index (χ0v) is 14.0. The number of rotatable bonds is 5. The van der Waals surface area contributed by atoms with Crippen LogP contribution in [0.3, 0.4) is 0 Å². The van der Waals surface area contributed by atoms with Gasteiger partial charge in [-0.05, 0) is 37.3 Å². The van der Waals surface area contributed by atoms with Crippen LogP contribution in [0.2, 0.25) is 5.02 Å². The van der Waals surface area contributed by atoms with Crippen molar-refractivity contribution in [1.29, 1.82) is 0 Å². The molecule has 0 saturated heterocycles. The number of hydrogen-bond donors (Lipinski definition) is 2. The van der Waals surface area contributed by atoms with Gasteiger partial charge in [-0.1, -0.05) is 35.4 Å². The Labute approximate surface area is 148 Å². The molecule has 3 aromatic rings. The first-order valence-corrected chi connectivity index (χ1v) is 7.76. The van der Waals surface area contributed by atoms with Crippen molar-refractivity contribution < 1.29 is 4.92 Å². The molecule has 0 saturated carbocycles. The molecule has 7 nitrogen and oxygen atoms in total. The standard InChI is InChI=1S/C17H14ClN5O2/c1-11-5-7-13(8-6-11)21-16-15(23(24)25)17(20-10-19-16)22-14-4-2-3-12(18)9-14/h2-10H,1H3,(H2,19,20,21,22). The van der Waals surface area contributed by atoms with Crippen molar-refractivity contribution in [1.82, 2.24) is 9.97 Å². The number of anilines is 4. The number of aromatic nitrogens is 2. The molecule has 0 spiro atoms. The molecule has 0 bridgehead atoms. The van der Waals surface area contributed by atoms with Gasteiger partial charge in [-0.15, -0.1) is 0 Å². The smallest absolute Gasteiger partial charge is 0.334 e. The molecule has 126 valence electrons. The van der Waals surface area contributed by atoms with Crippen LogP contribution in [-0.2, 0) is 0 Å². The van der Waals surface area contributed by atoms with Crippen LogP contribution >= 0.6 is 11.6 Å². The molecule has 1 aromatic heterocycles. The van der Waals surface area contributed by atoms with Crippen molar-refractivity contribution in [3.8, 4) is 0 Å². The van der Waals surface area contributed by atoms with E-state index in [2.05, 4.69) is 20.6 Å². The van der Waals surface area contributed by atoms with E-state index in [0.29, 0.717) is 16.4 Å². The van der Waals surface area contributed by atoms with Crippen LogP contribution in [0.1, 0.15) is 5.56 Å². The van der Waals surface area contributed by atoms with Gasteiger partial charge in [0.1, 0.15) is 6.33 Å². The zero-order valence-electron chi connectivity index (χ0n) is 13.2. The van der Waals surface area contributed by atoms with E-state index in [-0.39, 0.29) is 17.3 Å². The van der Waals surface area contributed by atoms with Crippen LogP contribution < -0.4 is 10.6 Å². The molecule has 8 heteroatoms. The lowest BCUT2D eigenvalue weighted by Gasteiger charge is -2.10. The average molecular weight is 356 g/mol. The summed E-state index contributed by atoms with van der Waals surface area (Å²) in [7, 11) is 0. The minimum Gasteiger partial charge on any atom is -0.334 e. The maximum Gasteiger partial charge on any atom is 0.353 e. The molecule has 0 amide bonds. The molecule has 0 fully saturated rings. The Morgan fingerprint density at radius 2 is 1.64 bits per heavy atom. The van der Waals surface area contributed by atoms with Gasteiger partial charge < -0.3 is 10.6 Å². The fraction of sp³-hybridized carbons (Fsp3) is 0.0588. The molecule has 2 N–H and O–H groups in total. The largest absolute Gasteiger partial charge is 0.353 e. The highest BCUT2D eigenvalue weighted by atomic mass is 35.5. The van der Waals surface area contributed by atoms with Crippen LogP contribution in [0, 0.1) is 17.0 Å². The van der Waals surface area contributed by atoms with E-state index in [1.54, 1.807) is 24.3 Å². The Kier molecular flexibility index (Phi) is 4.76. The third-order valence-corrected chi connectivity index (χ3v) is 3.64. The summed E-state index contributed by atoms with van der Waals surface area (Å²) in [6.07, 6.45) is 1.26. The van der Waals surface area contributed by atoms with Gasteiger partial charge in [-0.3, -0.25) is 10.1 Å². The maximum absolute atomic E-state index is 11.6. The molecule has 0 aliphatic heterocycles. The fourth-order valence-electron chi connectivity index (χ4n) is 2.21. The third-order valence-electron chi connectivity index (χ3n) is 3.41. The van der Waals surface area contributed by atoms with Crippen molar-refractivity contribution in [3.05, 3.63) is 75.6 Å². The number of nitrogens with one attached hydrogen (secondary N) is 2. The highest BCUT2D eigenvalue weighted by Gasteiger charge is 2.23. The van der Waals surface area contributed by atoms with Crippen molar-refractivity contribution in [2.45, 2.75) is 6.92 Å². The first kappa shape index (κ1) is 16.7. The molecule has 0 radical (unpaired) electrons. The highest BCUT2D eigenvalue weighted by Crippen LogP contribution is 2.33. The average Bonchev–Trinajstić information content (AvgIpc) is 2.57. The molecule has 0 aliphatic rings. The van der Waals surface area contributed by atoms with Gasteiger partial charge in [-0.25, -0.2) is 9.97 Å². The molecular formula is C17H14ClN5O2. The number of benzene rings is 2. The lowest BCUT2D eigenvalue weighted by atomic mass is 10.2. The Balaban J connectivity index is 1.96. The number of halogens is 1. The van der Waals surface area contributed by atoms with Crippen molar-refractivity contribution in [2.24, 2.45) is 0 Å². The summed E-state index contributed by atoms with van der Waals surface area (Å²) in [6, 6.07) is 14.3. The number of aryl methyl sites for hydroxylation is 1. The second kappa shape index (κ2) is 7.14. The van der Waals surface area contributed by atoms with Gasteiger partial charge in [-0.2, -0.15) is 0 Å². The van der Waals surface area contributed by atoms with E-state index in [9.17, 15) is 10.1 Å². The van der Waals surface area contributed by atoms with E-state index in [4.69, 9.17) is 11.6 Å². The second-order valence-electron chi connectivity index (χ2n) is 5.30. The van der Waals surface area contributed by atoms with Crippen molar-refractivity contribution in [2.75, 3.05) is 10.6 Å². The van der Waals surface area contributed by atoms with Gasteiger partial charge in [0.25, 0.3) is 0 Å². The molecule has 1 heterocycles. The van der Waals surface area contributed by atoms with Gasteiger partial charge in [0, 0.05) is 16.4 Å². The minimum atomic E-state index is -0.524. The predicted molar refractivity (Wildman–Crippen MR) is 97.9 cm³/mol. The molecule has 0 unspecified atom stereocenters. The third kappa shape index (κ3) is 4.02. The van der Waals surface area contributed by atoms with E-state index in [0.717, 1.165) is 5.56 Å². The van der Waals surface area contributed by atoms with Gasteiger partial charge in [0.05, 0.1) is 4.92 Å². The molecular weight excluding hydrogens is 342 g/mol. The molecule has 3 rings (SSSR count). The Bertz CT molecular complexity index is 915. The first-order chi connectivity index (χ1) is 12.0. The minimum absolute atomic E-state index is 0.0804. The van der Waals surface area contributed by atoms with Crippen molar-refractivity contribution in [3.63, 3.8) is 0 Å². The molecule has 2 aromatic carbocycles. The van der Waals surface area contributed by atoms with E-state index in [1.165, 1.54) is 6.33 Å². The number of nitrogens with zero attached hydrogens (tertiary/aromatic N) is 3. The summed E-state index contributed by atoms with van der Waals surface area (Å²) in [4.78, 5) is 19.0. The lowest BCUT2D eigenvalue weighted by Crippen LogP contribution is -2.05. The first-order valence-electron chi connectivity index (χ1n) is 7.38. The number of nitro groups is 1. The van der Waals surface area contributed by atoms with E-state index < -0.39 is 4.92 Å². The van der Waals surface area contributed by atoms with Crippen LogP contribution in [0.5, 0.6) is 0 Å². The quantitative estimate of drug-likeness (QED) is 0.502. The normalized spacial score (nSPS) is 10.3. The summed E-state index contributed by atoms with van der Waals surface area (Å²) in [5, 5.41) is 17.9. The van der Waals surface area contributed by atoms with Gasteiger partial charge in [0.2, 0.25) is 11.6 Å². The van der Waals surface area contributed by atoms with Crippen LogP contribution in [0.4, 0.5) is 28.7 Å². The fourth-order valence-corrected chi connectivity index (χ4v) is 2.40. The van der Waals surface area contributed by atoms with Gasteiger partial charge >= 0.3 is 5.69 Å². The summed E-state index contributed by atoms with van der Waals surface area (Å²) in [5.41, 5.74) is 2.13. The lowest BCUT2D eigenvalue weighted by molar-refractivity contribution is -0.383. The molecule has 0 atom stereocenters. The predicted octanol–water partition coefficient (Wildman–Crippen LogP) is 4.83. The monoisotopic (exact) mass is 355 g/mol. The van der Waals surface area contributed by atoms with Crippen LogP contribution in [0.25, 0.3) is 0 Å². The maximum atomic E-state index is 11.6. The zero-order chi connectivity index (χ0) is 17.8. The SMILES string of the molecule is Cc1ccc(Nc2ncnc(Nc3cccc(Cl)c3)c2[N+](=O)[O-])cc1. The van der Waals surface area contributed by atoms with Crippen molar-refractivity contribution >= 4 is 40.3 Å². The van der Waals surface area contributed by atoms with Gasteiger partial charge in [0.15, 0.2) is 0 Å². The second-order valence-corrected chi connectivity index (χ2v) is 5.74. The molecule has 25 heavy (non-hydrogen) atoms. The highest BCUT2D eigenvalue weighted by molar-refractivity contribution is 6.30. The number of hydrogen-bond acceptors (Lipinski definition) is 6. The Morgan fingerprint density at radius 1 is 1.00 bits per heavy atom. The van der Waals surface area contributed by atoms with Crippen LogP contribution in [0.15, 0.2) is 54.9 Å². The summed E-state index contributed by atoms with van der Waals surface area (Å²) >= 11 is 5.95. The topological polar surface area (TPSA) is 93.0 Å². The van der Waals surface area contributed by atoms with E-state index in [1.807, 2.05) is 31.2 Å².